The van der Waals surface area contributed by atoms with Crippen LogP contribution in [0.5, 0.6) is 11.5 Å². The lowest BCUT2D eigenvalue weighted by Crippen LogP contribution is -2.02. The zero-order valence-electron chi connectivity index (χ0n) is 13.1. The summed E-state index contributed by atoms with van der Waals surface area (Å²) in [6, 6.07) is 5.01. The first-order chi connectivity index (χ1) is 10.2. The summed E-state index contributed by atoms with van der Waals surface area (Å²) >= 11 is 0. The van der Waals surface area contributed by atoms with E-state index in [9.17, 15) is 5.11 Å². The highest BCUT2D eigenvalue weighted by Crippen LogP contribution is 2.25. The van der Waals surface area contributed by atoms with Gasteiger partial charge in [0.25, 0.3) is 0 Å². The van der Waals surface area contributed by atoms with E-state index >= 15 is 0 Å². The predicted molar refractivity (Wildman–Crippen MR) is 85.6 cm³/mol. The molecule has 0 aliphatic carbocycles. The molecule has 0 fully saturated rings. The first-order valence-electron chi connectivity index (χ1n) is 7.81. The van der Waals surface area contributed by atoms with Crippen LogP contribution >= 0.6 is 0 Å². The molecule has 1 aromatic rings. The molecule has 1 rings (SSSR count). The summed E-state index contributed by atoms with van der Waals surface area (Å²) in [5, 5.41) is 22.4. The molecule has 0 saturated heterocycles. The van der Waals surface area contributed by atoms with Gasteiger partial charge in [-0.25, -0.2) is 0 Å². The van der Waals surface area contributed by atoms with E-state index in [1.165, 1.54) is 38.2 Å². The fourth-order valence-corrected chi connectivity index (χ4v) is 2.37. The lowest BCUT2D eigenvalue weighted by molar-refractivity contribution is 0.317. The molecule has 0 aliphatic rings. The summed E-state index contributed by atoms with van der Waals surface area (Å²) < 4.78 is 5.05. The van der Waals surface area contributed by atoms with Crippen LogP contribution in [0.1, 0.15) is 63.9 Å². The van der Waals surface area contributed by atoms with Crippen molar-refractivity contribution in [2.24, 2.45) is 5.16 Å². The van der Waals surface area contributed by atoms with E-state index in [0.717, 1.165) is 12.8 Å². The molecule has 0 unspecified atom stereocenters. The molecule has 0 spiro atoms. The van der Waals surface area contributed by atoms with Gasteiger partial charge >= 0.3 is 0 Å². The van der Waals surface area contributed by atoms with E-state index in [1.54, 1.807) is 19.2 Å². The fraction of sp³-hybridized carbons (Fsp3) is 0.588. The van der Waals surface area contributed by atoms with Crippen molar-refractivity contribution in [2.75, 3.05) is 7.11 Å². The molecule has 21 heavy (non-hydrogen) atoms. The van der Waals surface area contributed by atoms with Gasteiger partial charge in [0.15, 0.2) is 0 Å². The summed E-state index contributed by atoms with van der Waals surface area (Å²) in [7, 11) is 1.55. The van der Waals surface area contributed by atoms with Crippen molar-refractivity contribution in [1.82, 2.24) is 0 Å². The molecule has 1 aromatic carbocycles. The summed E-state index contributed by atoms with van der Waals surface area (Å²) in [4.78, 5) is 0. The highest BCUT2D eigenvalue weighted by Gasteiger charge is 2.10. The van der Waals surface area contributed by atoms with Gasteiger partial charge in [-0.15, -0.1) is 0 Å². The Morgan fingerprint density at radius 2 is 1.76 bits per heavy atom. The zero-order valence-corrected chi connectivity index (χ0v) is 13.1. The van der Waals surface area contributed by atoms with Crippen molar-refractivity contribution in [2.45, 2.75) is 58.3 Å². The average Bonchev–Trinajstić information content (AvgIpc) is 2.50. The number of methoxy groups -OCH3 is 1. The molecule has 0 heterocycles. The van der Waals surface area contributed by atoms with Crippen molar-refractivity contribution in [1.29, 1.82) is 0 Å². The number of aromatic hydroxyl groups is 1. The topological polar surface area (TPSA) is 62.1 Å². The molecule has 0 amide bonds. The second kappa shape index (κ2) is 10.1. The van der Waals surface area contributed by atoms with Gasteiger partial charge < -0.3 is 15.1 Å². The molecular weight excluding hydrogens is 266 g/mol. The van der Waals surface area contributed by atoms with Gasteiger partial charge in [0.1, 0.15) is 11.5 Å². The van der Waals surface area contributed by atoms with Crippen molar-refractivity contribution < 1.29 is 15.1 Å². The first-order valence-corrected chi connectivity index (χ1v) is 7.81. The van der Waals surface area contributed by atoms with Crippen LogP contribution in [0.2, 0.25) is 0 Å². The van der Waals surface area contributed by atoms with Gasteiger partial charge in [-0.1, -0.05) is 50.6 Å². The second-order valence-corrected chi connectivity index (χ2v) is 5.30. The molecule has 0 atom stereocenters. The molecule has 4 nitrogen and oxygen atoms in total. The van der Waals surface area contributed by atoms with Gasteiger partial charge in [0.2, 0.25) is 0 Å². The van der Waals surface area contributed by atoms with Crippen molar-refractivity contribution in [3.63, 3.8) is 0 Å². The Kier molecular flexibility index (Phi) is 8.32. The van der Waals surface area contributed by atoms with Gasteiger partial charge in [0.05, 0.1) is 12.8 Å². The predicted octanol–water partition coefficient (Wildman–Crippen LogP) is 4.72. The van der Waals surface area contributed by atoms with Crippen molar-refractivity contribution in [3.8, 4) is 11.5 Å². The Balaban J connectivity index is 2.42. The molecule has 118 valence electrons. The maximum absolute atomic E-state index is 9.95. The number of rotatable bonds is 10. The SMILES string of the molecule is CCCCCCCCC/C(=N\O)c1ccc(OC)cc1O. The van der Waals surface area contributed by atoms with Crippen LogP contribution < -0.4 is 4.74 Å². The van der Waals surface area contributed by atoms with E-state index in [1.807, 2.05) is 0 Å². The number of phenols is 1. The molecule has 0 aliphatic heterocycles. The summed E-state index contributed by atoms with van der Waals surface area (Å²) in [6.45, 7) is 2.21. The maximum Gasteiger partial charge on any atom is 0.128 e. The Hall–Kier alpha value is -1.71. The van der Waals surface area contributed by atoms with Gasteiger partial charge in [0, 0.05) is 11.6 Å². The van der Waals surface area contributed by atoms with Crippen LogP contribution in [-0.2, 0) is 0 Å². The third-order valence-corrected chi connectivity index (χ3v) is 3.65. The van der Waals surface area contributed by atoms with E-state index in [-0.39, 0.29) is 5.75 Å². The average molecular weight is 293 g/mol. The molecule has 0 radical (unpaired) electrons. The third-order valence-electron chi connectivity index (χ3n) is 3.65. The Morgan fingerprint density at radius 1 is 1.10 bits per heavy atom. The lowest BCUT2D eigenvalue weighted by Gasteiger charge is -2.08. The minimum atomic E-state index is 0.0881. The third kappa shape index (κ3) is 6.06. The first kappa shape index (κ1) is 17.3. The Bertz CT molecular complexity index is 444. The number of oxime groups is 1. The normalized spacial score (nSPS) is 11.6. The minimum Gasteiger partial charge on any atom is -0.507 e. The lowest BCUT2D eigenvalue weighted by atomic mass is 10.0. The largest absolute Gasteiger partial charge is 0.507 e. The van der Waals surface area contributed by atoms with Gasteiger partial charge in [-0.05, 0) is 25.0 Å². The van der Waals surface area contributed by atoms with E-state index < -0.39 is 0 Å². The molecule has 2 N–H and O–H groups in total. The van der Waals surface area contributed by atoms with Crippen LogP contribution in [0.4, 0.5) is 0 Å². The molecular formula is C17H27NO3. The van der Waals surface area contributed by atoms with Crippen molar-refractivity contribution >= 4 is 5.71 Å². The smallest absolute Gasteiger partial charge is 0.128 e. The molecule has 0 aromatic heterocycles. The molecule has 4 heteroatoms. The number of ether oxygens (including phenoxy) is 1. The number of hydrogen-bond acceptors (Lipinski definition) is 4. The van der Waals surface area contributed by atoms with Crippen LogP contribution in [-0.4, -0.2) is 23.1 Å². The standard InChI is InChI=1S/C17H27NO3/c1-3-4-5-6-7-8-9-10-16(18-20)15-12-11-14(21-2)13-17(15)19/h11-13,19-20H,3-10H2,1-2H3/b18-16+. The Labute approximate surface area is 127 Å². The van der Waals surface area contributed by atoms with Crippen LogP contribution in [0.25, 0.3) is 0 Å². The zero-order chi connectivity index (χ0) is 15.5. The summed E-state index contributed by atoms with van der Waals surface area (Å²) in [5.41, 5.74) is 1.10. The Morgan fingerprint density at radius 3 is 2.33 bits per heavy atom. The van der Waals surface area contributed by atoms with Gasteiger partial charge in [-0.3, -0.25) is 0 Å². The summed E-state index contributed by atoms with van der Waals surface area (Å²) in [5.74, 6) is 0.676. The van der Waals surface area contributed by atoms with E-state index in [0.29, 0.717) is 23.4 Å². The van der Waals surface area contributed by atoms with Crippen molar-refractivity contribution in [3.05, 3.63) is 23.8 Å². The summed E-state index contributed by atoms with van der Waals surface area (Å²) in [6.07, 6.45) is 9.12. The number of benzene rings is 1. The van der Waals surface area contributed by atoms with E-state index in [4.69, 9.17) is 9.94 Å². The number of hydrogen-bond donors (Lipinski definition) is 2. The number of nitrogens with zero attached hydrogens (tertiary/aromatic N) is 1. The van der Waals surface area contributed by atoms with E-state index in [2.05, 4.69) is 12.1 Å². The molecule has 0 saturated carbocycles. The monoisotopic (exact) mass is 293 g/mol. The van der Waals surface area contributed by atoms with Crippen LogP contribution in [0.3, 0.4) is 0 Å². The van der Waals surface area contributed by atoms with Crippen LogP contribution in [0, 0.1) is 0 Å². The number of unbranched alkanes of at least 4 members (excludes halogenated alkanes) is 6. The highest BCUT2D eigenvalue weighted by molar-refractivity contribution is 6.02. The molecule has 0 bridgehead atoms. The fourth-order valence-electron chi connectivity index (χ4n) is 2.37. The van der Waals surface area contributed by atoms with Crippen LogP contribution in [0.15, 0.2) is 23.4 Å². The minimum absolute atomic E-state index is 0.0881. The second-order valence-electron chi connectivity index (χ2n) is 5.30. The van der Waals surface area contributed by atoms with Gasteiger partial charge in [-0.2, -0.15) is 0 Å². The quantitative estimate of drug-likeness (QED) is 0.284. The number of phenolic OH excluding ortho intramolecular Hbond substituents is 1. The maximum atomic E-state index is 9.95. The highest BCUT2D eigenvalue weighted by atomic mass is 16.5.